The first-order valence-electron chi connectivity index (χ1n) is 6.95. The number of nitrogens with zero attached hydrogens (tertiary/aromatic N) is 2. The summed E-state index contributed by atoms with van der Waals surface area (Å²) in [5.74, 6) is 0.00622. The normalized spacial score (nSPS) is 17.6. The molecule has 0 atom stereocenters. The fourth-order valence-corrected chi connectivity index (χ4v) is 3.87. The number of piperidine rings is 1. The summed E-state index contributed by atoms with van der Waals surface area (Å²) in [4.78, 5) is 15.2. The fourth-order valence-electron chi connectivity index (χ4n) is 2.33. The molecule has 1 aliphatic heterocycles. The van der Waals surface area contributed by atoms with E-state index < -0.39 is 10.0 Å². The van der Waals surface area contributed by atoms with Crippen LogP contribution in [0, 0.1) is 0 Å². The Balaban J connectivity index is 2.05. The summed E-state index contributed by atoms with van der Waals surface area (Å²) >= 11 is 0. The summed E-state index contributed by atoms with van der Waals surface area (Å²) in [6.45, 7) is 2.52. The summed E-state index contributed by atoms with van der Waals surface area (Å²) in [7, 11) is -3.62. The number of carbonyl (C=O) groups excluding carboxylic acids is 1. The molecule has 1 fully saturated rings. The van der Waals surface area contributed by atoms with Crippen LogP contribution in [-0.2, 0) is 14.8 Å². The van der Waals surface area contributed by atoms with Crippen LogP contribution in [-0.4, -0.2) is 42.7 Å². The van der Waals surface area contributed by atoms with Crippen molar-refractivity contribution >= 4 is 21.7 Å². The van der Waals surface area contributed by atoms with E-state index in [1.54, 1.807) is 13.0 Å². The number of nitrogen functional groups attached to an aromatic ring is 1. The molecule has 0 unspecified atom stereocenters. The number of aromatic nitrogens is 1. The van der Waals surface area contributed by atoms with Crippen molar-refractivity contribution in [3.8, 4) is 0 Å². The van der Waals surface area contributed by atoms with Crippen molar-refractivity contribution < 1.29 is 13.2 Å². The van der Waals surface area contributed by atoms with E-state index in [1.807, 2.05) is 0 Å². The Morgan fingerprint density at radius 3 is 2.71 bits per heavy atom. The van der Waals surface area contributed by atoms with E-state index in [-0.39, 0.29) is 22.7 Å². The van der Waals surface area contributed by atoms with Crippen molar-refractivity contribution in [2.75, 3.05) is 18.8 Å². The predicted molar refractivity (Wildman–Crippen MR) is 78.9 cm³/mol. The molecule has 2 heterocycles. The zero-order chi connectivity index (χ0) is 15.5. The number of pyridine rings is 1. The largest absolute Gasteiger partial charge is 0.383 e. The molecule has 1 saturated heterocycles. The van der Waals surface area contributed by atoms with Crippen molar-refractivity contribution in [2.45, 2.75) is 37.1 Å². The van der Waals surface area contributed by atoms with Crippen LogP contribution in [0.1, 0.15) is 26.2 Å². The molecule has 0 spiro atoms. The van der Waals surface area contributed by atoms with Gasteiger partial charge < -0.3 is 11.1 Å². The van der Waals surface area contributed by atoms with Gasteiger partial charge in [0.2, 0.25) is 15.9 Å². The Kier molecular flexibility index (Phi) is 4.79. The second kappa shape index (κ2) is 6.40. The topological polar surface area (TPSA) is 105 Å². The molecule has 0 aromatic carbocycles. The smallest absolute Gasteiger partial charge is 0.246 e. The SMILES string of the molecule is CCC(=O)NC1CCN(S(=O)(=O)c2cccnc2N)CC1. The van der Waals surface area contributed by atoms with Crippen LogP contribution in [0.2, 0.25) is 0 Å². The Morgan fingerprint density at radius 2 is 2.14 bits per heavy atom. The van der Waals surface area contributed by atoms with Crippen LogP contribution in [0.3, 0.4) is 0 Å². The second-order valence-electron chi connectivity index (χ2n) is 4.99. The molecular weight excluding hydrogens is 292 g/mol. The molecule has 21 heavy (non-hydrogen) atoms. The van der Waals surface area contributed by atoms with Gasteiger partial charge in [-0.2, -0.15) is 4.31 Å². The summed E-state index contributed by atoms with van der Waals surface area (Å²) < 4.78 is 26.4. The number of anilines is 1. The second-order valence-corrected chi connectivity index (χ2v) is 6.89. The van der Waals surface area contributed by atoms with Crippen LogP contribution in [0.5, 0.6) is 0 Å². The van der Waals surface area contributed by atoms with Crippen molar-refractivity contribution in [1.82, 2.24) is 14.6 Å². The van der Waals surface area contributed by atoms with Crippen molar-refractivity contribution in [1.29, 1.82) is 0 Å². The first-order valence-corrected chi connectivity index (χ1v) is 8.39. The summed E-state index contributed by atoms with van der Waals surface area (Å²) in [5.41, 5.74) is 5.65. The minimum absolute atomic E-state index is 0.00666. The first-order chi connectivity index (χ1) is 9.95. The van der Waals surface area contributed by atoms with E-state index in [1.165, 1.54) is 16.6 Å². The molecule has 1 aromatic rings. The number of nitrogens with two attached hydrogens (primary N) is 1. The molecule has 3 N–H and O–H groups in total. The van der Waals surface area contributed by atoms with E-state index >= 15 is 0 Å². The summed E-state index contributed by atoms with van der Waals surface area (Å²) in [6.07, 6.45) is 3.10. The molecule has 0 saturated carbocycles. The van der Waals surface area contributed by atoms with E-state index in [9.17, 15) is 13.2 Å². The van der Waals surface area contributed by atoms with Gasteiger partial charge in [0.25, 0.3) is 0 Å². The lowest BCUT2D eigenvalue weighted by atomic mass is 10.1. The maximum Gasteiger partial charge on any atom is 0.246 e. The average Bonchev–Trinajstić information content (AvgIpc) is 2.48. The van der Waals surface area contributed by atoms with Crippen molar-refractivity contribution in [3.05, 3.63) is 18.3 Å². The molecule has 1 amide bonds. The van der Waals surface area contributed by atoms with Crippen LogP contribution in [0.25, 0.3) is 0 Å². The number of nitrogens with one attached hydrogen (secondary N) is 1. The van der Waals surface area contributed by atoms with Gasteiger partial charge in [-0.3, -0.25) is 4.79 Å². The molecule has 0 radical (unpaired) electrons. The monoisotopic (exact) mass is 312 g/mol. The number of carbonyl (C=O) groups is 1. The first kappa shape index (κ1) is 15.7. The van der Waals surface area contributed by atoms with Gasteiger partial charge in [0.15, 0.2) is 0 Å². The Hall–Kier alpha value is -1.67. The molecule has 2 rings (SSSR count). The Bertz CT molecular complexity index is 610. The zero-order valence-electron chi connectivity index (χ0n) is 11.9. The van der Waals surface area contributed by atoms with Gasteiger partial charge in [0.05, 0.1) is 0 Å². The highest BCUT2D eigenvalue weighted by molar-refractivity contribution is 7.89. The van der Waals surface area contributed by atoms with Gasteiger partial charge in [-0.25, -0.2) is 13.4 Å². The van der Waals surface area contributed by atoms with Gasteiger partial charge in [-0.15, -0.1) is 0 Å². The highest BCUT2D eigenvalue weighted by atomic mass is 32.2. The van der Waals surface area contributed by atoms with E-state index in [0.29, 0.717) is 32.4 Å². The summed E-state index contributed by atoms with van der Waals surface area (Å²) in [6, 6.07) is 3.05. The van der Waals surface area contributed by atoms with Crippen LogP contribution >= 0.6 is 0 Å². The number of amides is 1. The van der Waals surface area contributed by atoms with E-state index in [0.717, 1.165) is 0 Å². The molecule has 8 heteroatoms. The lowest BCUT2D eigenvalue weighted by Gasteiger charge is -2.31. The summed E-state index contributed by atoms with van der Waals surface area (Å²) in [5, 5.41) is 2.89. The molecule has 0 bridgehead atoms. The standard InChI is InChI=1S/C13H20N4O3S/c1-2-12(18)16-10-5-8-17(9-6-10)21(19,20)11-4-3-7-15-13(11)14/h3-4,7,10H,2,5-6,8-9H2,1H3,(H2,14,15)(H,16,18). The quantitative estimate of drug-likeness (QED) is 0.834. The number of hydrogen-bond acceptors (Lipinski definition) is 5. The molecule has 1 aromatic heterocycles. The predicted octanol–water partition coefficient (Wildman–Crippen LogP) is 0.343. The minimum atomic E-state index is -3.62. The third kappa shape index (κ3) is 3.51. The molecule has 1 aliphatic rings. The zero-order valence-corrected chi connectivity index (χ0v) is 12.8. The van der Waals surface area contributed by atoms with Crippen LogP contribution in [0.4, 0.5) is 5.82 Å². The molecule has 0 aliphatic carbocycles. The van der Waals surface area contributed by atoms with E-state index in [4.69, 9.17) is 5.73 Å². The third-order valence-corrected chi connectivity index (χ3v) is 5.50. The van der Waals surface area contributed by atoms with Crippen LogP contribution < -0.4 is 11.1 Å². The maximum atomic E-state index is 12.5. The minimum Gasteiger partial charge on any atom is -0.383 e. The number of sulfonamides is 1. The number of rotatable bonds is 4. The highest BCUT2D eigenvalue weighted by Gasteiger charge is 2.31. The van der Waals surface area contributed by atoms with Gasteiger partial charge in [0.1, 0.15) is 10.7 Å². The molecule has 7 nitrogen and oxygen atoms in total. The van der Waals surface area contributed by atoms with Gasteiger partial charge in [-0.1, -0.05) is 6.92 Å². The highest BCUT2D eigenvalue weighted by Crippen LogP contribution is 2.23. The maximum absolute atomic E-state index is 12.5. The van der Waals surface area contributed by atoms with Gasteiger partial charge >= 0.3 is 0 Å². The molecule has 116 valence electrons. The van der Waals surface area contributed by atoms with Crippen molar-refractivity contribution in [2.24, 2.45) is 0 Å². The van der Waals surface area contributed by atoms with Gasteiger partial charge in [0, 0.05) is 31.7 Å². The fraction of sp³-hybridized carbons (Fsp3) is 0.538. The Morgan fingerprint density at radius 1 is 1.48 bits per heavy atom. The van der Waals surface area contributed by atoms with Crippen molar-refractivity contribution in [3.63, 3.8) is 0 Å². The lowest BCUT2D eigenvalue weighted by molar-refractivity contribution is -0.121. The van der Waals surface area contributed by atoms with Gasteiger partial charge in [-0.05, 0) is 25.0 Å². The number of hydrogen-bond donors (Lipinski definition) is 2. The third-order valence-electron chi connectivity index (χ3n) is 3.56. The average molecular weight is 312 g/mol. The van der Waals surface area contributed by atoms with E-state index in [2.05, 4.69) is 10.3 Å². The lowest BCUT2D eigenvalue weighted by Crippen LogP contribution is -2.46. The Labute approximate surface area is 124 Å². The van der Waals surface area contributed by atoms with Crippen LogP contribution in [0.15, 0.2) is 23.2 Å². The molecular formula is C13H20N4O3S.